The second kappa shape index (κ2) is 7.39. The van der Waals surface area contributed by atoms with Crippen LogP contribution in [0.25, 0.3) is 11.0 Å². The van der Waals surface area contributed by atoms with E-state index >= 15 is 0 Å². The van der Waals surface area contributed by atoms with E-state index < -0.39 is 17.2 Å². The number of nitrogens with zero attached hydrogens (tertiary/aromatic N) is 3. The van der Waals surface area contributed by atoms with Gasteiger partial charge in [-0.15, -0.1) is 0 Å². The van der Waals surface area contributed by atoms with E-state index in [-0.39, 0.29) is 22.5 Å². The summed E-state index contributed by atoms with van der Waals surface area (Å²) in [4.78, 5) is 45.5. The standard InChI is InChI=1S/C20H16N6O3/c1-26-11-12(10-22-26)19(28)25-18-15(20(29)23-13-6-3-2-4-7-13)17(27)16-14(24-18)8-5-9-21-16/h2-11H,1H3,(H,23,29)(H2,24,25,27,28). The lowest BCUT2D eigenvalue weighted by Crippen LogP contribution is -2.27. The molecule has 0 aliphatic rings. The fourth-order valence-electron chi connectivity index (χ4n) is 2.87. The van der Waals surface area contributed by atoms with Crippen LogP contribution in [0, 0.1) is 0 Å². The molecule has 0 atom stereocenters. The van der Waals surface area contributed by atoms with E-state index in [0.717, 1.165) is 0 Å². The zero-order valence-electron chi connectivity index (χ0n) is 15.3. The normalized spacial score (nSPS) is 10.7. The van der Waals surface area contributed by atoms with Gasteiger partial charge in [0.1, 0.15) is 16.9 Å². The minimum Gasteiger partial charge on any atom is -0.339 e. The van der Waals surface area contributed by atoms with Crippen molar-refractivity contribution in [3.63, 3.8) is 0 Å². The molecule has 0 bridgehead atoms. The largest absolute Gasteiger partial charge is 0.339 e. The number of rotatable bonds is 4. The van der Waals surface area contributed by atoms with Crippen LogP contribution >= 0.6 is 0 Å². The van der Waals surface area contributed by atoms with Gasteiger partial charge in [0.25, 0.3) is 11.8 Å². The minimum atomic E-state index is -0.661. The number of hydrogen-bond acceptors (Lipinski definition) is 5. The Morgan fingerprint density at radius 3 is 2.55 bits per heavy atom. The third-order valence-corrected chi connectivity index (χ3v) is 4.22. The second-order valence-electron chi connectivity index (χ2n) is 6.28. The molecule has 0 unspecified atom stereocenters. The van der Waals surface area contributed by atoms with E-state index in [0.29, 0.717) is 11.2 Å². The monoisotopic (exact) mass is 388 g/mol. The summed E-state index contributed by atoms with van der Waals surface area (Å²) in [7, 11) is 1.68. The Morgan fingerprint density at radius 1 is 1.03 bits per heavy atom. The van der Waals surface area contributed by atoms with Crippen molar-refractivity contribution in [3.05, 3.63) is 82.4 Å². The molecule has 4 rings (SSSR count). The van der Waals surface area contributed by atoms with Crippen LogP contribution in [-0.4, -0.2) is 31.6 Å². The highest BCUT2D eigenvalue weighted by Gasteiger charge is 2.22. The molecule has 3 N–H and O–H groups in total. The molecule has 3 heterocycles. The molecule has 4 aromatic rings. The van der Waals surface area contributed by atoms with Crippen molar-refractivity contribution in [2.24, 2.45) is 7.05 Å². The molecular weight excluding hydrogens is 372 g/mol. The maximum atomic E-state index is 13.0. The summed E-state index contributed by atoms with van der Waals surface area (Å²) in [6.45, 7) is 0. The van der Waals surface area contributed by atoms with Gasteiger partial charge in [0.15, 0.2) is 0 Å². The first-order valence-corrected chi connectivity index (χ1v) is 8.70. The topological polar surface area (TPSA) is 122 Å². The van der Waals surface area contributed by atoms with Gasteiger partial charge in [0.2, 0.25) is 5.43 Å². The second-order valence-corrected chi connectivity index (χ2v) is 6.28. The smallest absolute Gasteiger partial charge is 0.263 e. The van der Waals surface area contributed by atoms with Gasteiger partial charge in [-0.1, -0.05) is 18.2 Å². The molecule has 29 heavy (non-hydrogen) atoms. The molecule has 0 saturated carbocycles. The predicted molar refractivity (Wildman–Crippen MR) is 108 cm³/mol. The van der Waals surface area contributed by atoms with Crippen molar-refractivity contribution in [2.45, 2.75) is 0 Å². The predicted octanol–water partition coefficient (Wildman–Crippen LogP) is 2.16. The summed E-state index contributed by atoms with van der Waals surface area (Å²) in [5.74, 6) is -1.19. The number of H-pyrrole nitrogens is 1. The summed E-state index contributed by atoms with van der Waals surface area (Å²) in [5.41, 5.74) is 0.475. The average molecular weight is 388 g/mol. The van der Waals surface area contributed by atoms with Gasteiger partial charge in [-0.25, -0.2) is 0 Å². The number of amides is 2. The molecule has 0 saturated heterocycles. The maximum absolute atomic E-state index is 13.0. The van der Waals surface area contributed by atoms with Crippen molar-refractivity contribution in [1.82, 2.24) is 19.7 Å². The van der Waals surface area contributed by atoms with Crippen molar-refractivity contribution < 1.29 is 9.59 Å². The number of fused-ring (bicyclic) bond motifs is 1. The fourth-order valence-corrected chi connectivity index (χ4v) is 2.87. The number of para-hydroxylation sites is 1. The number of carbonyl (C=O) groups excluding carboxylic acids is 2. The van der Waals surface area contributed by atoms with Gasteiger partial charge in [-0.2, -0.15) is 5.10 Å². The van der Waals surface area contributed by atoms with E-state index in [2.05, 4.69) is 25.7 Å². The van der Waals surface area contributed by atoms with E-state index in [1.54, 1.807) is 43.4 Å². The summed E-state index contributed by atoms with van der Waals surface area (Å²) < 4.78 is 1.48. The molecule has 9 heteroatoms. The van der Waals surface area contributed by atoms with Crippen molar-refractivity contribution in [1.29, 1.82) is 0 Å². The Balaban J connectivity index is 1.79. The molecular formula is C20H16N6O3. The quantitative estimate of drug-likeness (QED) is 0.495. The molecule has 0 radical (unpaired) electrons. The Hall–Kier alpha value is -4.27. The highest BCUT2D eigenvalue weighted by Crippen LogP contribution is 2.17. The van der Waals surface area contributed by atoms with Crippen LogP contribution < -0.4 is 16.1 Å². The first-order chi connectivity index (χ1) is 14.0. The van der Waals surface area contributed by atoms with Crippen LogP contribution in [0.1, 0.15) is 20.7 Å². The van der Waals surface area contributed by atoms with E-state index in [1.165, 1.54) is 23.3 Å². The van der Waals surface area contributed by atoms with Crippen LogP contribution in [0.2, 0.25) is 0 Å². The lowest BCUT2D eigenvalue weighted by atomic mass is 10.1. The summed E-state index contributed by atoms with van der Waals surface area (Å²) in [6.07, 6.45) is 4.38. The van der Waals surface area contributed by atoms with Crippen LogP contribution in [0.5, 0.6) is 0 Å². The molecule has 1 aromatic carbocycles. The molecule has 0 spiro atoms. The van der Waals surface area contributed by atoms with Crippen LogP contribution in [-0.2, 0) is 7.05 Å². The zero-order chi connectivity index (χ0) is 20.4. The Labute approximate surface area is 164 Å². The van der Waals surface area contributed by atoms with Gasteiger partial charge < -0.3 is 15.6 Å². The van der Waals surface area contributed by atoms with Crippen molar-refractivity contribution in [3.8, 4) is 0 Å². The summed E-state index contributed by atoms with van der Waals surface area (Å²) >= 11 is 0. The third kappa shape index (κ3) is 3.61. The Kier molecular flexibility index (Phi) is 4.62. The third-order valence-electron chi connectivity index (χ3n) is 4.22. The first-order valence-electron chi connectivity index (χ1n) is 8.70. The molecule has 2 amide bonds. The summed E-state index contributed by atoms with van der Waals surface area (Å²) in [5, 5.41) is 9.22. The Morgan fingerprint density at radius 2 is 1.83 bits per heavy atom. The van der Waals surface area contributed by atoms with Gasteiger partial charge in [0.05, 0.1) is 17.3 Å². The van der Waals surface area contributed by atoms with Crippen molar-refractivity contribution in [2.75, 3.05) is 10.6 Å². The van der Waals surface area contributed by atoms with Crippen LogP contribution in [0.3, 0.4) is 0 Å². The fraction of sp³-hybridized carbons (Fsp3) is 0.0500. The van der Waals surface area contributed by atoms with Gasteiger partial charge >= 0.3 is 0 Å². The molecule has 0 fully saturated rings. The van der Waals surface area contributed by atoms with Crippen LogP contribution in [0.15, 0.2) is 65.8 Å². The van der Waals surface area contributed by atoms with Crippen molar-refractivity contribution >= 4 is 34.4 Å². The maximum Gasteiger partial charge on any atom is 0.263 e. The minimum absolute atomic E-state index is 0.0159. The van der Waals surface area contributed by atoms with Gasteiger partial charge in [-0.05, 0) is 24.3 Å². The SMILES string of the molecule is Cn1cc(C(=O)Nc2[nH]c3cccnc3c(=O)c2C(=O)Nc2ccccc2)cn1. The highest BCUT2D eigenvalue weighted by atomic mass is 16.2. The Bertz CT molecular complexity index is 1280. The molecule has 144 valence electrons. The molecule has 0 aliphatic carbocycles. The number of nitrogens with one attached hydrogen (secondary N) is 3. The van der Waals surface area contributed by atoms with E-state index in [4.69, 9.17) is 0 Å². The first kappa shape index (κ1) is 18.1. The number of aromatic amines is 1. The van der Waals surface area contributed by atoms with E-state index in [9.17, 15) is 14.4 Å². The van der Waals surface area contributed by atoms with E-state index in [1.807, 2.05) is 6.07 Å². The number of hydrogen-bond donors (Lipinski definition) is 3. The number of aryl methyl sites for hydroxylation is 1. The van der Waals surface area contributed by atoms with Gasteiger partial charge in [-0.3, -0.25) is 24.0 Å². The molecule has 9 nitrogen and oxygen atoms in total. The number of carbonyl (C=O) groups is 2. The number of benzene rings is 1. The van der Waals surface area contributed by atoms with Gasteiger partial charge in [0, 0.05) is 25.1 Å². The summed E-state index contributed by atoms with van der Waals surface area (Å²) in [6, 6.07) is 12.0. The molecule has 0 aliphatic heterocycles. The molecule has 3 aromatic heterocycles. The zero-order valence-corrected chi connectivity index (χ0v) is 15.3. The number of anilines is 2. The average Bonchev–Trinajstić information content (AvgIpc) is 3.15. The van der Waals surface area contributed by atoms with Crippen LogP contribution in [0.4, 0.5) is 11.5 Å². The lowest BCUT2D eigenvalue weighted by Gasteiger charge is -2.12. The highest BCUT2D eigenvalue weighted by molar-refractivity contribution is 6.12. The number of pyridine rings is 2. The lowest BCUT2D eigenvalue weighted by molar-refractivity contribution is 0.102. The number of aromatic nitrogens is 4.